The maximum absolute atomic E-state index is 10.1. The van der Waals surface area contributed by atoms with Crippen molar-refractivity contribution in [3.63, 3.8) is 0 Å². The molecule has 3 nitrogen and oxygen atoms in total. The van der Waals surface area contributed by atoms with E-state index in [1.807, 2.05) is 6.92 Å². The van der Waals surface area contributed by atoms with E-state index in [2.05, 4.69) is 31.9 Å². The summed E-state index contributed by atoms with van der Waals surface area (Å²) in [5, 5.41) is 21.2. The Hall–Kier alpha value is 0.840. The smallest absolute Gasteiger partial charge is 0.0976 e. The molecule has 2 N–H and O–H groups in total. The largest absolute Gasteiger partial charge is 0.389 e. The average Bonchev–Trinajstić information content (AvgIpc) is 2.29. The van der Waals surface area contributed by atoms with Crippen LogP contribution in [0.4, 0.5) is 0 Å². The molecule has 0 aromatic carbocycles. The summed E-state index contributed by atoms with van der Waals surface area (Å²) in [5.74, 6) is 0.134. The number of ether oxygens (including phenoxy) is 1. The molecule has 1 aliphatic rings. The molecule has 0 saturated carbocycles. The predicted molar refractivity (Wildman–Crippen MR) is 71.3 cm³/mol. The van der Waals surface area contributed by atoms with Crippen LogP contribution in [0.3, 0.4) is 0 Å². The lowest BCUT2D eigenvalue weighted by atomic mass is 9.82. The topological polar surface area (TPSA) is 49.7 Å². The van der Waals surface area contributed by atoms with Crippen molar-refractivity contribution >= 4 is 31.9 Å². The summed E-state index contributed by atoms with van der Waals surface area (Å²) >= 11 is 6.60. The van der Waals surface area contributed by atoms with Gasteiger partial charge in [0.05, 0.1) is 23.9 Å². The lowest BCUT2D eigenvalue weighted by Crippen LogP contribution is -2.50. The van der Waals surface area contributed by atoms with Gasteiger partial charge in [0.2, 0.25) is 0 Å². The molecule has 0 spiro atoms. The minimum absolute atomic E-state index is 0.134. The Bertz CT molecular complexity index is 199. The van der Waals surface area contributed by atoms with Crippen molar-refractivity contribution in [2.75, 3.05) is 17.3 Å². The molecule has 96 valence electrons. The fourth-order valence-electron chi connectivity index (χ4n) is 1.93. The van der Waals surface area contributed by atoms with Gasteiger partial charge in [-0.25, -0.2) is 0 Å². The van der Waals surface area contributed by atoms with Crippen LogP contribution in [0.1, 0.15) is 26.7 Å². The molecule has 1 saturated heterocycles. The molecular weight excluding hydrogens is 340 g/mol. The Kier molecular flexibility index (Phi) is 5.26. The second kappa shape index (κ2) is 5.65. The Morgan fingerprint density at radius 3 is 2.06 bits per heavy atom. The van der Waals surface area contributed by atoms with E-state index in [4.69, 9.17) is 4.74 Å². The maximum atomic E-state index is 10.1. The number of aliphatic hydroxyl groups is 2. The van der Waals surface area contributed by atoms with E-state index < -0.39 is 11.2 Å². The van der Waals surface area contributed by atoms with Gasteiger partial charge in [-0.2, -0.15) is 0 Å². The zero-order valence-electron chi connectivity index (χ0n) is 9.75. The summed E-state index contributed by atoms with van der Waals surface area (Å²) in [5.41, 5.74) is -1.56. The SMILES string of the molecule is CC(O)(CBr)C1CCC(C(C)(O)CBr)OC1. The van der Waals surface area contributed by atoms with Crippen LogP contribution in [0.15, 0.2) is 0 Å². The first-order chi connectivity index (χ1) is 7.33. The van der Waals surface area contributed by atoms with Crippen molar-refractivity contribution in [1.82, 2.24) is 0 Å². The average molecular weight is 360 g/mol. The zero-order valence-corrected chi connectivity index (χ0v) is 12.9. The number of alkyl halides is 2. The minimum Gasteiger partial charge on any atom is -0.389 e. The molecule has 4 unspecified atom stereocenters. The van der Waals surface area contributed by atoms with Gasteiger partial charge in [-0.05, 0) is 26.7 Å². The molecule has 0 amide bonds. The van der Waals surface area contributed by atoms with Gasteiger partial charge in [0.15, 0.2) is 0 Å². The fraction of sp³-hybridized carbons (Fsp3) is 1.00. The molecule has 1 fully saturated rings. The molecule has 16 heavy (non-hydrogen) atoms. The molecule has 1 aliphatic heterocycles. The van der Waals surface area contributed by atoms with Crippen LogP contribution in [0.5, 0.6) is 0 Å². The van der Waals surface area contributed by atoms with Crippen LogP contribution in [0.2, 0.25) is 0 Å². The number of rotatable bonds is 4. The number of halogens is 2. The van der Waals surface area contributed by atoms with E-state index in [1.54, 1.807) is 6.92 Å². The minimum atomic E-state index is -0.828. The summed E-state index contributed by atoms with van der Waals surface area (Å²) in [7, 11) is 0. The number of hydrogen-bond donors (Lipinski definition) is 2. The highest BCUT2D eigenvalue weighted by Gasteiger charge is 2.40. The van der Waals surface area contributed by atoms with Gasteiger partial charge in [0.25, 0.3) is 0 Å². The second-order valence-corrected chi connectivity index (χ2v) is 6.20. The zero-order chi connectivity index (χ0) is 12.4. The van der Waals surface area contributed by atoms with E-state index in [9.17, 15) is 10.2 Å². The molecule has 4 atom stereocenters. The highest BCUT2D eigenvalue weighted by Crippen LogP contribution is 2.33. The third-order valence-electron chi connectivity index (χ3n) is 3.39. The molecule has 0 aromatic rings. The molecule has 0 radical (unpaired) electrons. The van der Waals surface area contributed by atoms with Crippen molar-refractivity contribution in [3.05, 3.63) is 0 Å². The monoisotopic (exact) mass is 358 g/mol. The Morgan fingerprint density at radius 2 is 1.69 bits per heavy atom. The van der Waals surface area contributed by atoms with Gasteiger partial charge < -0.3 is 14.9 Å². The van der Waals surface area contributed by atoms with E-state index in [1.165, 1.54) is 0 Å². The van der Waals surface area contributed by atoms with Crippen LogP contribution in [-0.2, 0) is 4.74 Å². The molecule has 0 bridgehead atoms. The highest BCUT2D eigenvalue weighted by molar-refractivity contribution is 9.09. The van der Waals surface area contributed by atoms with Gasteiger partial charge in [0, 0.05) is 16.6 Å². The Morgan fingerprint density at radius 1 is 1.12 bits per heavy atom. The normalized spacial score (nSPS) is 34.1. The third-order valence-corrected chi connectivity index (χ3v) is 5.66. The van der Waals surface area contributed by atoms with E-state index >= 15 is 0 Å². The van der Waals surface area contributed by atoms with Crippen molar-refractivity contribution in [2.24, 2.45) is 5.92 Å². The number of hydrogen-bond acceptors (Lipinski definition) is 3. The first kappa shape index (κ1) is 14.9. The lowest BCUT2D eigenvalue weighted by molar-refractivity contribution is -0.145. The van der Waals surface area contributed by atoms with Gasteiger partial charge in [-0.15, -0.1) is 0 Å². The predicted octanol–water partition coefficient (Wildman–Crippen LogP) is 2.07. The van der Waals surface area contributed by atoms with Crippen LogP contribution < -0.4 is 0 Å². The van der Waals surface area contributed by atoms with E-state index in [0.717, 1.165) is 12.8 Å². The van der Waals surface area contributed by atoms with Crippen molar-refractivity contribution < 1.29 is 14.9 Å². The lowest BCUT2D eigenvalue weighted by Gasteiger charge is -2.41. The summed E-state index contributed by atoms with van der Waals surface area (Å²) in [4.78, 5) is 0. The molecule has 0 aromatic heterocycles. The Labute approximate surface area is 114 Å². The summed E-state index contributed by atoms with van der Waals surface area (Å²) in [6, 6.07) is 0. The Balaban J connectivity index is 2.52. The van der Waals surface area contributed by atoms with Crippen molar-refractivity contribution in [2.45, 2.75) is 44.0 Å². The first-order valence-corrected chi connectivity index (χ1v) is 7.76. The van der Waals surface area contributed by atoms with Gasteiger partial charge in [-0.3, -0.25) is 0 Å². The summed E-state index contributed by atoms with van der Waals surface area (Å²) in [6.07, 6.45) is 1.52. The van der Waals surface area contributed by atoms with Crippen LogP contribution in [-0.4, -0.2) is 44.8 Å². The second-order valence-electron chi connectivity index (χ2n) is 5.08. The van der Waals surface area contributed by atoms with Gasteiger partial charge >= 0.3 is 0 Å². The van der Waals surface area contributed by atoms with Crippen LogP contribution in [0.25, 0.3) is 0 Å². The fourth-order valence-corrected chi connectivity index (χ4v) is 2.75. The van der Waals surface area contributed by atoms with Gasteiger partial charge in [-0.1, -0.05) is 31.9 Å². The van der Waals surface area contributed by atoms with Crippen LogP contribution >= 0.6 is 31.9 Å². The van der Waals surface area contributed by atoms with E-state index in [-0.39, 0.29) is 12.0 Å². The summed E-state index contributed by atoms with van der Waals surface area (Å²) in [6.45, 7) is 4.10. The first-order valence-electron chi connectivity index (χ1n) is 5.52. The third kappa shape index (κ3) is 3.42. The van der Waals surface area contributed by atoms with Gasteiger partial charge in [0.1, 0.15) is 0 Å². The maximum Gasteiger partial charge on any atom is 0.0976 e. The highest BCUT2D eigenvalue weighted by atomic mass is 79.9. The molecule has 0 aliphatic carbocycles. The standard InChI is InChI=1S/C11H20Br2O3/c1-10(14,6-12)8-3-4-9(16-5-8)11(2,15)7-13/h8-9,14-15H,3-7H2,1-2H3. The van der Waals surface area contributed by atoms with Crippen molar-refractivity contribution in [3.8, 4) is 0 Å². The molecule has 5 heteroatoms. The molecule has 1 heterocycles. The molecular formula is C11H20Br2O3. The summed E-state index contributed by atoms with van der Waals surface area (Å²) < 4.78 is 5.67. The van der Waals surface area contributed by atoms with E-state index in [0.29, 0.717) is 17.3 Å². The van der Waals surface area contributed by atoms with Crippen LogP contribution in [0, 0.1) is 5.92 Å². The quantitative estimate of drug-likeness (QED) is 0.755. The van der Waals surface area contributed by atoms with Crippen molar-refractivity contribution in [1.29, 1.82) is 0 Å². The molecule has 1 rings (SSSR count).